The summed E-state index contributed by atoms with van der Waals surface area (Å²) < 4.78 is 0. The molecule has 1 heterocycles. The summed E-state index contributed by atoms with van der Waals surface area (Å²) in [6.07, 6.45) is 7.74. The number of carbonyl (C=O) groups is 1. The molecule has 1 aromatic heterocycles. The van der Waals surface area contributed by atoms with Gasteiger partial charge in [-0.05, 0) is 31.0 Å². The minimum atomic E-state index is 0.197. The van der Waals surface area contributed by atoms with Gasteiger partial charge in [0.05, 0.1) is 11.0 Å². The fraction of sp³-hybridized carbons (Fsp3) is 0.400. The van der Waals surface area contributed by atoms with Crippen LogP contribution >= 0.6 is 0 Å². The van der Waals surface area contributed by atoms with Crippen LogP contribution in [0.1, 0.15) is 25.7 Å². The molecule has 98 valence electrons. The van der Waals surface area contributed by atoms with Gasteiger partial charge in [-0.15, -0.1) is 0 Å². The highest BCUT2D eigenvalue weighted by atomic mass is 16.2. The molecule has 0 spiro atoms. The molecular weight excluding hydrogens is 238 g/mol. The van der Waals surface area contributed by atoms with Crippen molar-refractivity contribution in [2.45, 2.75) is 25.7 Å². The highest BCUT2D eigenvalue weighted by Crippen LogP contribution is 2.28. The average Bonchev–Trinajstić information content (AvgIpc) is 2.99. The number of aromatic nitrogens is 2. The lowest BCUT2D eigenvalue weighted by Gasteiger charge is -2.21. The van der Waals surface area contributed by atoms with Gasteiger partial charge < -0.3 is 4.90 Å². The fourth-order valence-electron chi connectivity index (χ4n) is 2.73. The van der Waals surface area contributed by atoms with Crippen LogP contribution in [0.25, 0.3) is 11.0 Å². The molecule has 0 aliphatic heterocycles. The summed E-state index contributed by atoms with van der Waals surface area (Å²) in [6.45, 7) is 0. The minimum absolute atomic E-state index is 0.197. The summed E-state index contributed by atoms with van der Waals surface area (Å²) >= 11 is 0. The lowest BCUT2D eigenvalue weighted by Crippen LogP contribution is -2.31. The number of hydrogen-bond acceptors (Lipinski definition) is 3. The first-order valence-corrected chi connectivity index (χ1v) is 6.74. The van der Waals surface area contributed by atoms with Crippen LogP contribution in [0.3, 0.4) is 0 Å². The number of amides is 1. The summed E-state index contributed by atoms with van der Waals surface area (Å²) in [6, 6.07) is 5.77. The Morgan fingerprint density at radius 3 is 2.58 bits per heavy atom. The van der Waals surface area contributed by atoms with E-state index < -0.39 is 0 Å². The summed E-state index contributed by atoms with van der Waals surface area (Å²) in [5, 5.41) is 0. The molecule has 0 atom stereocenters. The highest BCUT2D eigenvalue weighted by Gasteiger charge is 2.26. The molecule has 0 N–H and O–H groups in total. The molecule has 1 aromatic carbocycles. The summed E-state index contributed by atoms with van der Waals surface area (Å²) in [5.41, 5.74) is 2.57. The number of nitrogens with zero attached hydrogens (tertiary/aromatic N) is 3. The molecule has 2 aromatic rings. The van der Waals surface area contributed by atoms with E-state index in [-0.39, 0.29) is 11.8 Å². The van der Waals surface area contributed by atoms with Crippen molar-refractivity contribution >= 4 is 22.6 Å². The van der Waals surface area contributed by atoms with Gasteiger partial charge in [-0.2, -0.15) is 0 Å². The average molecular weight is 255 g/mol. The van der Waals surface area contributed by atoms with Gasteiger partial charge in [-0.3, -0.25) is 14.8 Å². The maximum atomic E-state index is 12.4. The van der Waals surface area contributed by atoms with Crippen LogP contribution in [0.4, 0.5) is 5.69 Å². The highest BCUT2D eigenvalue weighted by molar-refractivity contribution is 5.96. The summed E-state index contributed by atoms with van der Waals surface area (Å²) in [4.78, 5) is 22.6. The van der Waals surface area contributed by atoms with Crippen LogP contribution in [0, 0.1) is 5.92 Å². The SMILES string of the molecule is CN(C(=O)C1CCCC1)c1ccc2nccnc2c1. The number of fused-ring (bicyclic) bond motifs is 1. The number of hydrogen-bond donors (Lipinski definition) is 0. The van der Waals surface area contributed by atoms with Gasteiger partial charge >= 0.3 is 0 Å². The van der Waals surface area contributed by atoms with Crippen LogP contribution in [-0.2, 0) is 4.79 Å². The first-order chi connectivity index (χ1) is 9.25. The number of rotatable bonds is 2. The van der Waals surface area contributed by atoms with Gasteiger partial charge in [-0.1, -0.05) is 12.8 Å². The van der Waals surface area contributed by atoms with Crippen molar-refractivity contribution < 1.29 is 4.79 Å². The molecule has 0 saturated heterocycles. The lowest BCUT2D eigenvalue weighted by molar-refractivity contribution is -0.121. The van der Waals surface area contributed by atoms with E-state index in [0.29, 0.717) is 0 Å². The molecule has 0 radical (unpaired) electrons. The van der Waals surface area contributed by atoms with Crippen LogP contribution < -0.4 is 4.90 Å². The number of anilines is 1. The van der Waals surface area contributed by atoms with E-state index in [2.05, 4.69) is 9.97 Å². The van der Waals surface area contributed by atoms with E-state index in [1.807, 2.05) is 25.2 Å². The van der Waals surface area contributed by atoms with Crippen LogP contribution in [0.2, 0.25) is 0 Å². The zero-order valence-electron chi connectivity index (χ0n) is 11.0. The third-order valence-corrected chi connectivity index (χ3v) is 3.88. The predicted octanol–water partition coefficient (Wildman–Crippen LogP) is 2.78. The Kier molecular flexibility index (Phi) is 3.15. The van der Waals surface area contributed by atoms with E-state index in [1.54, 1.807) is 17.3 Å². The molecule has 1 aliphatic carbocycles. The second-order valence-electron chi connectivity index (χ2n) is 5.11. The van der Waals surface area contributed by atoms with Crippen LogP contribution in [0.5, 0.6) is 0 Å². The van der Waals surface area contributed by atoms with Crippen LogP contribution in [-0.4, -0.2) is 22.9 Å². The number of carbonyl (C=O) groups excluding carboxylic acids is 1. The van der Waals surface area contributed by atoms with E-state index in [0.717, 1.165) is 29.6 Å². The first-order valence-electron chi connectivity index (χ1n) is 6.74. The smallest absolute Gasteiger partial charge is 0.229 e. The minimum Gasteiger partial charge on any atom is -0.315 e. The zero-order valence-corrected chi connectivity index (χ0v) is 11.0. The van der Waals surface area contributed by atoms with Crippen molar-refractivity contribution in [2.24, 2.45) is 5.92 Å². The van der Waals surface area contributed by atoms with E-state index >= 15 is 0 Å². The first kappa shape index (κ1) is 12.1. The molecular formula is C15H17N3O. The largest absolute Gasteiger partial charge is 0.315 e. The Morgan fingerprint density at radius 1 is 1.16 bits per heavy atom. The Hall–Kier alpha value is -1.97. The van der Waals surface area contributed by atoms with Crippen molar-refractivity contribution in [3.05, 3.63) is 30.6 Å². The zero-order chi connectivity index (χ0) is 13.2. The second-order valence-corrected chi connectivity index (χ2v) is 5.11. The molecule has 19 heavy (non-hydrogen) atoms. The molecule has 0 bridgehead atoms. The van der Waals surface area contributed by atoms with Gasteiger partial charge in [0.15, 0.2) is 0 Å². The van der Waals surface area contributed by atoms with Gasteiger partial charge in [0.25, 0.3) is 0 Å². The summed E-state index contributed by atoms with van der Waals surface area (Å²) in [7, 11) is 1.85. The van der Waals surface area contributed by atoms with E-state index in [9.17, 15) is 4.79 Å². The fourth-order valence-corrected chi connectivity index (χ4v) is 2.73. The third-order valence-electron chi connectivity index (χ3n) is 3.88. The predicted molar refractivity (Wildman–Crippen MR) is 74.9 cm³/mol. The third kappa shape index (κ3) is 2.30. The molecule has 3 rings (SSSR count). The maximum Gasteiger partial charge on any atom is 0.229 e. The van der Waals surface area contributed by atoms with Crippen LogP contribution in [0.15, 0.2) is 30.6 Å². The van der Waals surface area contributed by atoms with Crippen molar-refractivity contribution in [3.63, 3.8) is 0 Å². The molecule has 1 amide bonds. The van der Waals surface area contributed by atoms with Gasteiger partial charge in [0.2, 0.25) is 5.91 Å². The van der Waals surface area contributed by atoms with Gasteiger partial charge in [0.1, 0.15) is 0 Å². The number of benzene rings is 1. The van der Waals surface area contributed by atoms with Gasteiger partial charge in [0, 0.05) is 31.0 Å². The molecule has 1 saturated carbocycles. The lowest BCUT2D eigenvalue weighted by atomic mass is 10.1. The van der Waals surface area contributed by atoms with Crippen molar-refractivity contribution in [2.75, 3.05) is 11.9 Å². The quantitative estimate of drug-likeness (QED) is 0.829. The molecule has 1 fully saturated rings. The van der Waals surface area contributed by atoms with Crippen molar-refractivity contribution in [1.82, 2.24) is 9.97 Å². The van der Waals surface area contributed by atoms with Crippen molar-refractivity contribution in [1.29, 1.82) is 0 Å². The molecule has 4 nitrogen and oxygen atoms in total. The van der Waals surface area contributed by atoms with E-state index in [4.69, 9.17) is 0 Å². The normalized spacial score (nSPS) is 15.8. The summed E-state index contributed by atoms with van der Waals surface area (Å²) in [5.74, 6) is 0.420. The van der Waals surface area contributed by atoms with E-state index in [1.165, 1.54) is 12.8 Å². The Morgan fingerprint density at radius 2 is 1.84 bits per heavy atom. The monoisotopic (exact) mass is 255 g/mol. The maximum absolute atomic E-state index is 12.4. The standard InChI is InChI=1S/C15H17N3O/c1-18(15(19)11-4-2-3-5-11)12-6-7-13-14(10-12)17-9-8-16-13/h6-11H,2-5H2,1H3. The van der Waals surface area contributed by atoms with Gasteiger partial charge in [-0.25, -0.2) is 0 Å². The molecule has 4 heteroatoms. The molecule has 0 unspecified atom stereocenters. The Labute approximate surface area is 112 Å². The Bertz CT molecular complexity index is 605. The Balaban J connectivity index is 1.88. The topological polar surface area (TPSA) is 46.1 Å². The van der Waals surface area contributed by atoms with Crippen molar-refractivity contribution in [3.8, 4) is 0 Å². The second kappa shape index (κ2) is 4.96. The molecule has 1 aliphatic rings.